The second-order valence-corrected chi connectivity index (χ2v) is 9.27. The Bertz CT molecular complexity index is 1340. The average molecular weight is 474 g/mol. The minimum absolute atomic E-state index is 0.124. The molecule has 4 nitrogen and oxygen atoms in total. The first-order valence-electron chi connectivity index (χ1n) is 11.7. The molecule has 0 bridgehead atoms. The molecule has 1 unspecified atom stereocenters. The molecule has 1 atom stereocenters. The lowest BCUT2D eigenvalue weighted by molar-refractivity contribution is -0.0165. The van der Waals surface area contributed by atoms with Crippen molar-refractivity contribution in [2.24, 2.45) is 5.92 Å². The second kappa shape index (κ2) is 9.97. The van der Waals surface area contributed by atoms with E-state index in [1.165, 1.54) is 12.5 Å². The number of halogens is 2. The predicted molar refractivity (Wildman–Crippen MR) is 131 cm³/mol. The molecular weight excluding hydrogens is 449 g/mol. The number of nitrogens with zero attached hydrogens (tertiary/aromatic N) is 3. The molecule has 5 rings (SSSR count). The number of hydrogen-bond acceptors (Lipinski definition) is 3. The first-order valence-corrected chi connectivity index (χ1v) is 12.1. The van der Waals surface area contributed by atoms with E-state index in [4.69, 9.17) is 26.7 Å². The van der Waals surface area contributed by atoms with Crippen LogP contribution in [0.1, 0.15) is 55.0 Å². The number of hydrogen-bond donors (Lipinski definition) is 0. The highest BCUT2D eigenvalue weighted by atomic mass is 35.5. The molecule has 172 valence electrons. The highest BCUT2D eigenvalue weighted by molar-refractivity contribution is 6.30. The molecular formula is C28H25ClFN3O. The van der Waals surface area contributed by atoms with E-state index >= 15 is 0 Å². The van der Waals surface area contributed by atoms with Crippen molar-refractivity contribution in [2.75, 3.05) is 0 Å². The summed E-state index contributed by atoms with van der Waals surface area (Å²) in [4.78, 5) is 0. The highest BCUT2D eigenvalue weighted by Gasteiger charge is 2.31. The minimum atomic E-state index is -0.419. The van der Waals surface area contributed by atoms with Crippen molar-refractivity contribution in [3.05, 3.63) is 94.4 Å². The SMILES string of the molecule is N#Cc1ccc(COC(c2c3ccccc3nn2-c2ccc(Cl)cc2)C2CCCCC2)c(F)c1. The maximum absolute atomic E-state index is 14.6. The van der Waals surface area contributed by atoms with Gasteiger partial charge < -0.3 is 4.74 Å². The van der Waals surface area contributed by atoms with Crippen LogP contribution in [-0.4, -0.2) is 9.78 Å². The van der Waals surface area contributed by atoms with E-state index in [0.717, 1.165) is 48.0 Å². The van der Waals surface area contributed by atoms with Crippen LogP contribution in [0.15, 0.2) is 66.7 Å². The maximum atomic E-state index is 14.6. The molecule has 1 saturated carbocycles. The van der Waals surface area contributed by atoms with Crippen LogP contribution < -0.4 is 0 Å². The summed E-state index contributed by atoms with van der Waals surface area (Å²) < 4.78 is 23.2. The molecule has 0 aliphatic heterocycles. The van der Waals surface area contributed by atoms with Gasteiger partial charge in [0.2, 0.25) is 0 Å². The smallest absolute Gasteiger partial charge is 0.130 e. The molecule has 0 radical (unpaired) electrons. The Morgan fingerprint density at radius 2 is 1.82 bits per heavy atom. The van der Waals surface area contributed by atoms with Crippen molar-refractivity contribution < 1.29 is 9.13 Å². The number of aromatic nitrogens is 2. The topological polar surface area (TPSA) is 50.8 Å². The Hall–Kier alpha value is -3.20. The number of fused-ring (bicyclic) bond motifs is 1. The van der Waals surface area contributed by atoms with E-state index in [9.17, 15) is 4.39 Å². The summed E-state index contributed by atoms with van der Waals surface area (Å²) in [7, 11) is 0. The van der Waals surface area contributed by atoms with Gasteiger partial charge in [0.25, 0.3) is 0 Å². The molecule has 1 heterocycles. The van der Waals surface area contributed by atoms with Crippen LogP contribution in [0.4, 0.5) is 4.39 Å². The quantitative estimate of drug-likeness (QED) is 0.291. The highest BCUT2D eigenvalue weighted by Crippen LogP contribution is 2.41. The van der Waals surface area contributed by atoms with Gasteiger partial charge in [-0.3, -0.25) is 0 Å². The molecule has 34 heavy (non-hydrogen) atoms. The summed E-state index contributed by atoms with van der Waals surface area (Å²) in [5.74, 6) is -0.112. The lowest BCUT2D eigenvalue weighted by Gasteiger charge is -2.31. The first kappa shape index (κ1) is 22.6. The largest absolute Gasteiger partial charge is 0.367 e. The Morgan fingerprint density at radius 3 is 2.56 bits per heavy atom. The number of nitriles is 1. The number of benzene rings is 3. The van der Waals surface area contributed by atoms with Crippen molar-refractivity contribution in [3.63, 3.8) is 0 Å². The number of rotatable bonds is 6. The predicted octanol–water partition coefficient (Wildman–Crippen LogP) is 7.53. The second-order valence-electron chi connectivity index (χ2n) is 8.84. The van der Waals surface area contributed by atoms with Gasteiger partial charge in [-0.1, -0.05) is 55.1 Å². The summed E-state index contributed by atoms with van der Waals surface area (Å²) in [6.45, 7) is 0.124. The van der Waals surface area contributed by atoms with Gasteiger partial charge in [0, 0.05) is 16.0 Å². The van der Waals surface area contributed by atoms with Gasteiger partial charge in [-0.15, -0.1) is 0 Å². The van der Waals surface area contributed by atoms with E-state index in [-0.39, 0.29) is 12.7 Å². The molecule has 1 aliphatic rings. The number of ether oxygens (including phenoxy) is 1. The summed E-state index contributed by atoms with van der Waals surface area (Å²) in [6, 6.07) is 22.2. The summed E-state index contributed by atoms with van der Waals surface area (Å²) in [5, 5.41) is 15.7. The normalized spacial score (nSPS) is 15.3. The molecule has 3 aromatic carbocycles. The average Bonchev–Trinajstić information content (AvgIpc) is 3.25. The van der Waals surface area contributed by atoms with Crippen molar-refractivity contribution in [1.29, 1.82) is 5.26 Å². The fourth-order valence-electron chi connectivity index (χ4n) is 4.89. The zero-order valence-electron chi connectivity index (χ0n) is 18.8. The third-order valence-corrected chi connectivity index (χ3v) is 6.89. The van der Waals surface area contributed by atoms with Crippen molar-refractivity contribution in [1.82, 2.24) is 9.78 Å². The third-order valence-electron chi connectivity index (χ3n) is 6.64. The summed E-state index contributed by atoms with van der Waals surface area (Å²) in [6.07, 6.45) is 5.40. The molecule has 1 fully saturated rings. The molecule has 0 saturated heterocycles. The van der Waals surface area contributed by atoms with Gasteiger partial charge in [0.1, 0.15) is 11.9 Å². The van der Waals surface area contributed by atoms with E-state index in [1.807, 2.05) is 53.2 Å². The van der Waals surface area contributed by atoms with Gasteiger partial charge in [0.15, 0.2) is 0 Å². The standard InChI is InChI=1S/C28H25ClFN3O/c29-22-12-14-23(15-13-22)33-27(24-8-4-5-9-26(24)32-33)28(20-6-2-1-3-7-20)34-18-21-11-10-19(17-31)16-25(21)30/h4-5,8-16,20,28H,1-3,6-7,18H2. The summed E-state index contributed by atoms with van der Waals surface area (Å²) >= 11 is 6.15. The Kier molecular flexibility index (Phi) is 6.62. The van der Waals surface area contributed by atoms with Gasteiger partial charge in [-0.25, -0.2) is 9.07 Å². The van der Waals surface area contributed by atoms with Crippen LogP contribution in [0, 0.1) is 23.1 Å². The van der Waals surface area contributed by atoms with E-state index in [0.29, 0.717) is 22.1 Å². The van der Waals surface area contributed by atoms with E-state index in [2.05, 4.69) is 6.07 Å². The van der Waals surface area contributed by atoms with Crippen LogP contribution in [0.2, 0.25) is 5.02 Å². The van der Waals surface area contributed by atoms with Crippen molar-refractivity contribution in [3.8, 4) is 11.8 Å². The molecule has 6 heteroatoms. The van der Waals surface area contributed by atoms with Crippen LogP contribution >= 0.6 is 11.6 Å². The van der Waals surface area contributed by atoms with Gasteiger partial charge >= 0.3 is 0 Å². The summed E-state index contributed by atoms with van der Waals surface area (Å²) in [5.41, 5.74) is 3.53. The molecule has 1 aliphatic carbocycles. The molecule has 0 amide bonds. The zero-order valence-corrected chi connectivity index (χ0v) is 19.5. The molecule has 1 aromatic heterocycles. The third kappa shape index (κ3) is 4.57. The van der Waals surface area contributed by atoms with Crippen LogP contribution in [0.5, 0.6) is 0 Å². The fraction of sp³-hybridized carbons (Fsp3) is 0.286. The Labute approximate surface area is 203 Å². The van der Waals surface area contributed by atoms with E-state index in [1.54, 1.807) is 12.1 Å². The fourth-order valence-corrected chi connectivity index (χ4v) is 5.02. The first-order chi connectivity index (χ1) is 16.6. The Balaban J connectivity index is 1.58. The van der Waals surface area contributed by atoms with Gasteiger partial charge in [-0.2, -0.15) is 10.4 Å². The van der Waals surface area contributed by atoms with Crippen LogP contribution in [0.25, 0.3) is 16.6 Å². The van der Waals surface area contributed by atoms with Gasteiger partial charge in [-0.05, 0) is 61.2 Å². The molecule has 0 N–H and O–H groups in total. The Morgan fingerprint density at radius 1 is 1.06 bits per heavy atom. The van der Waals surface area contributed by atoms with Crippen molar-refractivity contribution >= 4 is 22.5 Å². The molecule has 4 aromatic rings. The van der Waals surface area contributed by atoms with Crippen LogP contribution in [0.3, 0.4) is 0 Å². The lowest BCUT2D eigenvalue weighted by atomic mass is 9.83. The van der Waals surface area contributed by atoms with Gasteiger partial charge in [0.05, 0.1) is 35.1 Å². The van der Waals surface area contributed by atoms with E-state index < -0.39 is 5.82 Å². The zero-order chi connectivity index (χ0) is 23.5. The minimum Gasteiger partial charge on any atom is -0.367 e. The monoisotopic (exact) mass is 473 g/mol. The van der Waals surface area contributed by atoms with Crippen molar-refractivity contribution in [2.45, 2.75) is 44.8 Å². The molecule has 0 spiro atoms. The lowest BCUT2D eigenvalue weighted by Crippen LogP contribution is -2.22. The van der Waals surface area contributed by atoms with Crippen LogP contribution in [-0.2, 0) is 11.3 Å². The maximum Gasteiger partial charge on any atom is 0.130 e.